The lowest BCUT2D eigenvalue weighted by atomic mass is 9.81. The summed E-state index contributed by atoms with van der Waals surface area (Å²) in [4.78, 5) is 14.5. The number of fused-ring (bicyclic) bond motifs is 2. The molecule has 1 aromatic rings. The molecule has 0 radical (unpaired) electrons. The first kappa shape index (κ1) is 19.8. The fraction of sp³-hybridized carbons (Fsp3) is 0.667. The Morgan fingerprint density at radius 2 is 1.63 bits per heavy atom. The third-order valence-electron chi connectivity index (χ3n) is 5.40. The first-order valence-corrected chi connectivity index (χ1v) is 9.58. The van der Waals surface area contributed by atoms with Crippen LogP contribution in [0.1, 0.15) is 52.0 Å². The van der Waals surface area contributed by atoms with Gasteiger partial charge >= 0.3 is 6.09 Å². The highest BCUT2D eigenvalue weighted by Crippen LogP contribution is 2.43. The molecule has 2 aliphatic rings. The average Bonchev–Trinajstić information content (AvgIpc) is 2.85. The first-order valence-electron chi connectivity index (χ1n) is 9.58. The van der Waals surface area contributed by atoms with Crippen LogP contribution in [0.4, 0.5) is 4.79 Å². The molecule has 1 aromatic carbocycles. The van der Waals surface area contributed by atoms with Crippen molar-refractivity contribution in [2.75, 3.05) is 14.2 Å². The van der Waals surface area contributed by atoms with Gasteiger partial charge in [0.2, 0.25) is 0 Å². The van der Waals surface area contributed by atoms with Crippen molar-refractivity contribution in [2.45, 2.75) is 76.2 Å². The summed E-state index contributed by atoms with van der Waals surface area (Å²) in [6, 6.07) is 5.74. The van der Waals surface area contributed by atoms with Gasteiger partial charge < -0.3 is 24.2 Å². The molecule has 2 fully saturated rings. The molecule has 2 unspecified atom stereocenters. The molecule has 1 N–H and O–H groups in total. The number of aliphatic hydroxyl groups is 1. The van der Waals surface area contributed by atoms with Gasteiger partial charge in [-0.2, -0.15) is 0 Å². The van der Waals surface area contributed by atoms with Gasteiger partial charge in [0, 0.05) is 24.6 Å². The molecule has 0 aromatic heterocycles. The van der Waals surface area contributed by atoms with E-state index in [0.717, 1.165) is 18.4 Å². The van der Waals surface area contributed by atoms with Crippen LogP contribution in [0.15, 0.2) is 18.2 Å². The summed E-state index contributed by atoms with van der Waals surface area (Å²) < 4.78 is 16.3. The van der Waals surface area contributed by atoms with Gasteiger partial charge in [0.25, 0.3) is 0 Å². The predicted molar refractivity (Wildman–Crippen MR) is 102 cm³/mol. The fourth-order valence-electron chi connectivity index (χ4n) is 4.43. The lowest BCUT2D eigenvalue weighted by molar-refractivity contribution is -0.0579. The summed E-state index contributed by atoms with van der Waals surface area (Å²) in [7, 11) is 3.24. The van der Waals surface area contributed by atoms with Gasteiger partial charge in [0.05, 0.1) is 19.8 Å². The second-order valence-corrected chi connectivity index (χ2v) is 8.80. The number of hydrogen-bond acceptors (Lipinski definition) is 5. The maximum atomic E-state index is 12.6. The average molecular weight is 377 g/mol. The molecular formula is C21H31NO5. The van der Waals surface area contributed by atoms with Gasteiger partial charge in [0.15, 0.2) is 0 Å². The molecular weight excluding hydrogens is 346 g/mol. The summed E-state index contributed by atoms with van der Waals surface area (Å²) in [5.74, 6) is 1.42. The third kappa shape index (κ3) is 4.49. The number of nitrogens with zero attached hydrogens (tertiary/aromatic N) is 1. The molecule has 0 aliphatic carbocycles. The molecule has 6 nitrogen and oxygen atoms in total. The van der Waals surface area contributed by atoms with Crippen molar-refractivity contribution < 1.29 is 24.1 Å². The Morgan fingerprint density at radius 1 is 1.11 bits per heavy atom. The topological polar surface area (TPSA) is 68.2 Å². The largest absolute Gasteiger partial charge is 0.497 e. The monoisotopic (exact) mass is 377 g/mol. The number of carbonyl (C=O) groups excluding carboxylic acids is 1. The van der Waals surface area contributed by atoms with Crippen LogP contribution in [-0.2, 0) is 11.2 Å². The quantitative estimate of drug-likeness (QED) is 0.869. The Morgan fingerprint density at radius 3 is 2.07 bits per heavy atom. The Hall–Kier alpha value is -1.95. The highest BCUT2D eigenvalue weighted by atomic mass is 16.6. The third-order valence-corrected chi connectivity index (χ3v) is 5.40. The van der Waals surface area contributed by atoms with Crippen molar-refractivity contribution in [1.29, 1.82) is 0 Å². The highest BCUT2D eigenvalue weighted by molar-refractivity contribution is 5.69. The second-order valence-electron chi connectivity index (χ2n) is 8.80. The van der Waals surface area contributed by atoms with Crippen LogP contribution in [0.25, 0.3) is 0 Å². The van der Waals surface area contributed by atoms with E-state index in [4.69, 9.17) is 14.2 Å². The fourth-order valence-corrected chi connectivity index (χ4v) is 4.43. The second kappa shape index (κ2) is 7.23. The summed E-state index contributed by atoms with van der Waals surface area (Å²) in [6.07, 6.45) is 3.18. The SMILES string of the molecule is COc1cc(CC2(O)CC3CCC(C2)N3C(=O)OC(C)(C)C)cc(OC)c1. The van der Waals surface area contributed by atoms with E-state index >= 15 is 0 Å². The number of ether oxygens (including phenoxy) is 3. The lowest BCUT2D eigenvalue weighted by Gasteiger charge is -2.44. The molecule has 3 rings (SSSR count). The number of carbonyl (C=O) groups is 1. The minimum Gasteiger partial charge on any atom is -0.497 e. The van der Waals surface area contributed by atoms with E-state index in [1.54, 1.807) is 14.2 Å². The number of rotatable bonds is 4. The number of piperidine rings is 1. The molecule has 6 heteroatoms. The van der Waals surface area contributed by atoms with Crippen molar-refractivity contribution in [2.24, 2.45) is 0 Å². The van der Waals surface area contributed by atoms with Gasteiger partial charge in [0.1, 0.15) is 17.1 Å². The number of benzene rings is 1. The molecule has 2 atom stereocenters. The van der Waals surface area contributed by atoms with Crippen molar-refractivity contribution >= 4 is 6.09 Å². The van der Waals surface area contributed by atoms with Crippen LogP contribution < -0.4 is 9.47 Å². The Labute approximate surface area is 161 Å². The Balaban J connectivity index is 1.74. The minimum atomic E-state index is -0.846. The van der Waals surface area contributed by atoms with Crippen LogP contribution in [-0.4, -0.2) is 53.6 Å². The summed E-state index contributed by atoms with van der Waals surface area (Å²) in [6.45, 7) is 5.63. The van der Waals surface area contributed by atoms with Gasteiger partial charge in [-0.1, -0.05) is 0 Å². The number of methoxy groups -OCH3 is 2. The van der Waals surface area contributed by atoms with Crippen molar-refractivity contribution in [3.05, 3.63) is 23.8 Å². The zero-order valence-corrected chi connectivity index (χ0v) is 16.9. The molecule has 2 aliphatic heterocycles. The minimum absolute atomic E-state index is 0.0242. The van der Waals surface area contributed by atoms with Crippen LogP contribution >= 0.6 is 0 Å². The van der Waals surface area contributed by atoms with Gasteiger partial charge in [-0.25, -0.2) is 4.79 Å². The zero-order valence-electron chi connectivity index (χ0n) is 16.9. The summed E-state index contributed by atoms with van der Waals surface area (Å²) >= 11 is 0. The van der Waals surface area contributed by atoms with Crippen LogP contribution in [0.5, 0.6) is 11.5 Å². The van der Waals surface area contributed by atoms with Crippen molar-refractivity contribution in [3.8, 4) is 11.5 Å². The van der Waals surface area contributed by atoms with Gasteiger partial charge in [-0.05, 0) is 64.2 Å². The van der Waals surface area contributed by atoms with E-state index in [-0.39, 0.29) is 18.2 Å². The molecule has 0 spiro atoms. The van der Waals surface area contributed by atoms with E-state index < -0.39 is 11.2 Å². The van der Waals surface area contributed by atoms with Gasteiger partial charge in [-0.15, -0.1) is 0 Å². The van der Waals surface area contributed by atoms with E-state index in [1.165, 1.54) is 0 Å². The standard InChI is InChI=1S/C21H31NO5/c1-20(2,3)27-19(23)22-15-6-7-16(22)13-21(24,12-15)11-14-8-17(25-4)10-18(9-14)26-5/h8-10,15-16,24H,6-7,11-13H2,1-5H3. The van der Waals surface area contributed by atoms with Crippen molar-refractivity contribution in [3.63, 3.8) is 0 Å². The predicted octanol–water partition coefficient (Wildman–Crippen LogP) is 3.54. The Bertz CT molecular complexity index is 660. The van der Waals surface area contributed by atoms with E-state index in [0.29, 0.717) is 30.8 Å². The zero-order chi connectivity index (χ0) is 19.8. The molecule has 1 amide bonds. The van der Waals surface area contributed by atoms with E-state index in [2.05, 4.69) is 0 Å². The van der Waals surface area contributed by atoms with Gasteiger partial charge in [-0.3, -0.25) is 0 Å². The molecule has 150 valence electrons. The van der Waals surface area contributed by atoms with Crippen molar-refractivity contribution in [1.82, 2.24) is 4.90 Å². The molecule has 27 heavy (non-hydrogen) atoms. The maximum absolute atomic E-state index is 12.6. The smallest absolute Gasteiger partial charge is 0.410 e. The van der Waals surface area contributed by atoms with E-state index in [1.807, 2.05) is 43.9 Å². The number of hydrogen-bond donors (Lipinski definition) is 1. The van der Waals surface area contributed by atoms with Crippen LogP contribution in [0.3, 0.4) is 0 Å². The van der Waals surface area contributed by atoms with Crippen LogP contribution in [0, 0.1) is 0 Å². The molecule has 2 heterocycles. The molecule has 2 bridgehead atoms. The lowest BCUT2D eigenvalue weighted by Crippen LogP contribution is -2.54. The first-order chi connectivity index (χ1) is 12.6. The Kier molecular flexibility index (Phi) is 5.30. The maximum Gasteiger partial charge on any atom is 0.410 e. The highest BCUT2D eigenvalue weighted by Gasteiger charge is 2.50. The summed E-state index contributed by atoms with van der Waals surface area (Å²) in [5.41, 5.74) is -0.387. The van der Waals surface area contributed by atoms with E-state index in [9.17, 15) is 9.90 Å². The normalized spacial score (nSPS) is 27.4. The molecule has 2 saturated heterocycles. The van der Waals surface area contributed by atoms with Crippen LogP contribution in [0.2, 0.25) is 0 Å². The molecule has 0 saturated carbocycles. The number of amides is 1. The summed E-state index contributed by atoms with van der Waals surface area (Å²) in [5, 5.41) is 11.3.